The van der Waals surface area contributed by atoms with Crippen LogP contribution >= 0.6 is 11.8 Å². The van der Waals surface area contributed by atoms with Gasteiger partial charge in [0.05, 0.1) is 16.4 Å². The van der Waals surface area contributed by atoms with Crippen LogP contribution in [0.5, 0.6) is 0 Å². The topological polar surface area (TPSA) is 50.5 Å². The Hall–Kier alpha value is -1.24. The molecule has 0 bridgehead atoms. The zero-order chi connectivity index (χ0) is 14.7. The minimum atomic E-state index is -3.39. The van der Waals surface area contributed by atoms with Crippen molar-refractivity contribution in [2.24, 2.45) is 0 Å². The molecule has 21 heavy (non-hydrogen) atoms. The molecule has 0 saturated carbocycles. The molecule has 1 atom stereocenters. The summed E-state index contributed by atoms with van der Waals surface area (Å²) in [7, 11) is -3.39. The molecule has 2 aromatic rings. The van der Waals surface area contributed by atoms with E-state index in [0.29, 0.717) is 18.0 Å². The van der Waals surface area contributed by atoms with E-state index in [-0.39, 0.29) is 5.25 Å². The number of hydrogen-bond donors (Lipinski definition) is 0. The molecule has 1 fully saturated rings. The van der Waals surface area contributed by atoms with Gasteiger partial charge in [0.2, 0.25) is 10.0 Å². The molecule has 0 spiro atoms. The summed E-state index contributed by atoms with van der Waals surface area (Å²) in [5, 5.41) is 0.232. The third-order valence-corrected chi connectivity index (χ3v) is 6.74. The molecular formula is C15H17NO3S2. The summed E-state index contributed by atoms with van der Waals surface area (Å²) >= 11 is 1.76. The van der Waals surface area contributed by atoms with Gasteiger partial charge in [-0.15, -0.1) is 11.8 Å². The SMILES string of the molecule is O=S(=O)(c1ccccc1)N1CCSC(c2ccco2)CC1. The van der Waals surface area contributed by atoms with Crippen LogP contribution in [-0.4, -0.2) is 31.6 Å². The summed E-state index contributed by atoms with van der Waals surface area (Å²) in [6.45, 7) is 1.06. The van der Waals surface area contributed by atoms with Crippen molar-refractivity contribution in [1.29, 1.82) is 0 Å². The smallest absolute Gasteiger partial charge is 0.243 e. The molecule has 0 N–H and O–H groups in total. The molecule has 1 aliphatic rings. The number of benzene rings is 1. The summed E-state index contributed by atoms with van der Waals surface area (Å²) in [5.41, 5.74) is 0. The van der Waals surface area contributed by atoms with Crippen LogP contribution in [0.25, 0.3) is 0 Å². The van der Waals surface area contributed by atoms with E-state index in [4.69, 9.17) is 4.42 Å². The van der Waals surface area contributed by atoms with Gasteiger partial charge in [-0.1, -0.05) is 18.2 Å². The number of furan rings is 1. The monoisotopic (exact) mass is 323 g/mol. The molecule has 1 aromatic heterocycles. The Kier molecular flexibility index (Phi) is 4.37. The second-order valence-electron chi connectivity index (χ2n) is 4.88. The summed E-state index contributed by atoms with van der Waals surface area (Å²) in [5.74, 6) is 1.70. The second kappa shape index (κ2) is 6.25. The van der Waals surface area contributed by atoms with Gasteiger partial charge in [-0.25, -0.2) is 8.42 Å². The maximum atomic E-state index is 12.6. The van der Waals surface area contributed by atoms with E-state index in [1.165, 1.54) is 0 Å². The Bertz CT molecular complexity index is 668. The van der Waals surface area contributed by atoms with Gasteiger partial charge in [-0.05, 0) is 30.7 Å². The molecule has 0 aliphatic carbocycles. The van der Waals surface area contributed by atoms with E-state index in [1.54, 1.807) is 46.6 Å². The molecular weight excluding hydrogens is 306 g/mol. The highest BCUT2D eigenvalue weighted by molar-refractivity contribution is 7.99. The highest BCUT2D eigenvalue weighted by atomic mass is 32.2. The molecule has 3 rings (SSSR count). The first kappa shape index (κ1) is 14.7. The van der Waals surface area contributed by atoms with Crippen molar-refractivity contribution < 1.29 is 12.8 Å². The minimum Gasteiger partial charge on any atom is -0.468 e. The highest BCUT2D eigenvalue weighted by Gasteiger charge is 2.28. The summed E-state index contributed by atoms with van der Waals surface area (Å²) in [6, 6.07) is 12.5. The maximum Gasteiger partial charge on any atom is 0.243 e. The number of thioether (sulfide) groups is 1. The maximum absolute atomic E-state index is 12.6. The molecule has 0 amide bonds. The average Bonchev–Trinajstić information content (AvgIpc) is 2.92. The molecule has 1 saturated heterocycles. The lowest BCUT2D eigenvalue weighted by Gasteiger charge is -2.19. The van der Waals surface area contributed by atoms with E-state index in [0.717, 1.165) is 17.9 Å². The van der Waals surface area contributed by atoms with E-state index in [1.807, 2.05) is 18.2 Å². The van der Waals surface area contributed by atoms with Crippen LogP contribution < -0.4 is 0 Å². The third kappa shape index (κ3) is 3.17. The van der Waals surface area contributed by atoms with Crippen molar-refractivity contribution in [3.05, 3.63) is 54.5 Å². The molecule has 1 aromatic carbocycles. The minimum absolute atomic E-state index is 0.232. The Morgan fingerprint density at radius 1 is 1.10 bits per heavy atom. The standard InChI is InChI=1S/C15H17NO3S2/c17-21(18,13-5-2-1-3-6-13)16-9-8-15(20-12-10-16)14-7-4-11-19-14/h1-7,11,15H,8-10,12H2. The lowest BCUT2D eigenvalue weighted by molar-refractivity contribution is 0.417. The molecule has 2 heterocycles. The highest BCUT2D eigenvalue weighted by Crippen LogP contribution is 2.35. The van der Waals surface area contributed by atoms with Gasteiger partial charge in [-0.3, -0.25) is 0 Å². The third-order valence-electron chi connectivity index (χ3n) is 3.54. The summed E-state index contributed by atoms with van der Waals surface area (Å²) in [6.07, 6.45) is 2.43. The second-order valence-corrected chi connectivity index (χ2v) is 8.13. The molecule has 1 unspecified atom stereocenters. The van der Waals surface area contributed by atoms with Crippen LogP contribution in [-0.2, 0) is 10.0 Å². The Labute approximate surface area is 129 Å². The average molecular weight is 323 g/mol. The van der Waals surface area contributed by atoms with Crippen LogP contribution in [0.1, 0.15) is 17.4 Å². The fourth-order valence-electron chi connectivity index (χ4n) is 2.43. The molecule has 4 nitrogen and oxygen atoms in total. The summed E-state index contributed by atoms with van der Waals surface area (Å²) in [4.78, 5) is 0.367. The first-order valence-electron chi connectivity index (χ1n) is 6.88. The van der Waals surface area contributed by atoms with Gasteiger partial charge in [-0.2, -0.15) is 4.31 Å². The fourth-order valence-corrected chi connectivity index (χ4v) is 5.21. The van der Waals surface area contributed by atoms with Crippen LogP contribution in [0.15, 0.2) is 58.0 Å². The van der Waals surface area contributed by atoms with Crippen LogP contribution in [0.2, 0.25) is 0 Å². The van der Waals surface area contributed by atoms with Crippen molar-refractivity contribution in [2.45, 2.75) is 16.6 Å². The quantitative estimate of drug-likeness (QED) is 0.871. The fraction of sp³-hybridized carbons (Fsp3) is 0.333. The van der Waals surface area contributed by atoms with Gasteiger partial charge < -0.3 is 4.42 Å². The Balaban J connectivity index is 1.76. The normalized spacial score (nSPS) is 21.0. The van der Waals surface area contributed by atoms with E-state index in [9.17, 15) is 8.42 Å². The van der Waals surface area contributed by atoms with Gasteiger partial charge in [0.1, 0.15) is 5.76 Å². The number of nitrogens with zero attached hydrogens (tertiary/aromatic N) is 1. The van der Waals surface area contributed by atoms with Crippen molar-refractivity contribution in [3.8, 4) is 0 Å². The van der Waals surface area contributed by atoms with E-state index in [2.05, 4.69) is 0 Å². The molecule has 1 aliphatic heterocycles. The Morgan fingerprint density at radius 2 is 1.90 bits per heavy atom. The predicted octanol–water partition coefficient (Wildman–Crippen LogP) is 3.15. The zero-order valence-electron chi connectivity index (χ0n) is 11.5. The number of hydrogen-bond acceptors (Lipinski definition) is 4. The van der Waals surface area contributed by atoms with Crippen molar-refractivity contribution in [2.75, 3.05) is 18.8 Å². The predicted molar refractivity (Wildman–Crippen MR) is 83.7 cm³/mol. The van der Waals surface area contributed by atoms with Crippen molar-refractivity contribution >= 4 is 21.8 Å². The van der Waals surface area contributed by atoms with Gasteiger partial charge in [0.25, 0.3) is 0 Å². The van der Waals surface area contributed by atoms with E-state index < -0.39 is 10.0 Å². The molecule has 112 valence electrons. The van der Waals surface area contributed by atoms with Crippen LogP contribution in [0.4, 0.5) is 0 Å². The van der Waals surface area contributed by atoms with E-state index >= 15 is 0 Å². The van der Waals surface area contributed by atoms with Crippen molar-refractivity contribution in [3.63, 3.8) is 0 Å². The number of rotatable bonds is 3. The largest absolute Gasteiger partial charge is 0.468 e. The lowest BCUT2D eigenvalue weighted by atomic mass is 10.2. The lowest BCUT2D eigenvalue weighted by Crippen LogP contribution is -2.33. The number of sulfonamides is 1. The zero-order valence-corrected chi connectivity index (χ0v) is 13.1. The van der Waals surface area contributed by atoms with Crippen LogP contribution in [0, 0.1) is 0 Å². The van der Waals surface area contributed by atoms with Crippen LogP contribution in [0.3, 0.4) is 0 Å². The van der Waals surface area contributed by atoms with Gasteiger partial charge in [0, 0.05) is 18.8 Å². The first-order valence-corrected chi connectivity index (χ1v) is 9.37. The molecule has 0 radical (unpaired) electrons. The van der Waals surface area contributed by atoms with Gasteiger partial charge in [0.15, 0.2) is 0 Å². The Morgan fingerprint density at radius 3 is 2.62 bits per heavy atom. The van der Waals surface area contributed by atoms with Gasteiger partial charge >= 0.3 is 0 Å². The molecule has 6 heteroatoms. The summed E-state index contributed by atoms with van der Waals surface area (Å²) < 4.78 is 32.3. The van der Waals surface area contributed by atoms with Crippen molar-refractivity contribution in [1.82, 2.24) is 4.31 Å². The first-order chi connectivity index (χ1) is 10.2.